The number of benzene rings is 3. The van der Waals surface area contributed by atoms with E-state index in [0.29, 0.717) is 22.7 Å². The topological polar surface area (TPSA) is 103 Å². The summed E-state index contributed by atoms with van der Waals surface area (Å²) in [6.45, 7) is -0.122. The van der Waals surface area contributed by atoms with Gasteiger partial charge in [0.2, 0.25) is 0 Å². The first-order valence-corrected chi connectivity index (χ1v) is 12.5. The van der Waals surface area contributed by atoms with Gasteiger partial charge in [0.15, 0.2) is 5.78 Å². The Kier molecular flexibility index (Phi) is 6.83. The van der Waals surface area contributed by atoms with Crippen molar-refractivity contribution in [1.29, 1.82) is 0 Å². The number of rotatable bonds is 7. The summed E-state index contributed by atoms with van der Waals surface area (Å²) in [5.41, 5.74) is 2.24. The maximum Gasteiger partial charge on any atom is 0.293 e. The number of para-hydroxylation sites is 1. The van der Waals surface area contributed by atoms with Crippen molar-refractivity contribution >= 4 is 63.0 Å². The van der Waals surface area contributed by atoms with E-state index >= 15 is 0 Å². The van der Waals surface area contributed by atoms with Crippen LogP contribution in [0.2, 0.25) is 5.02 Å². The lowest BCUT2D eigenvalue weighted by Gasteiger charge is -2.11. The smallest absolute Gasteiger partial charge is 0.293 e. The molecule has 2 heterocycles. The van der Waals surface area contributed by atoms with Crippen LogP contribution in [-0.2, 0) is 11.3 Å². The van der Waals surface area contributed by atoms with E-state index in [1.807, 2.05) is 35.0 Å². The molecule has 0 saturated carbocycles. The van der Waals surface area contributed by atoms with E-state index in [-0.39, 0.29) is 16.2 Å². The van der Waals surface area contributed by atoms with Crippen molar-refractivity contribution in [3.05, 3.63) is 115 Å². The first-order chi connectivity index (χ1) is 18.2. The van der Waals surface area contributed by atoms with Crippen molar-refractivity contribution in [1.82, 2.24) is 9.47 Å². The third kappa shape index (κ3) is 4.96. The Morgan fingerprint density at radius 3 is 2.53 bits per heavy atom. The number of aromatic nitrogens is 1. The summed E-state index contributed by atoms with van der Waals surface area (Å²) in [6, 6.07) is 16.7. The molecule has 0 N–H and O–H groups in total. The van der Waals surface area contributed by atoms with E-state index in [2.05, 4.69) is 0 Å². The number of thioether (sulfide) groups is 1. The van der Waals surface area contributed by atoms with Gasteiger partial charge in [0.1, 0.15) is 5.82 Å². The van der Waals surface area contributed by atoms with Gasteiger partial charge in [-0.1, -0.05) is 35.9 Å². The number of carbonyl (C=O) groups is 3. The molecule has 0 unspecified atom stereocenters. The average molecular weight is 550 g/mol. The number of nitrogens with zero attached hydrogens (tertiary/aromatic N) is 3. The molecule has 190 valence electrons. The summed E-state index contributed by atoms with van der Waals surface area (Å²) < 4.78 is 15.4. The molecule has 2 amide bonds. The normalized spacial score (nSPS) is 14.6. The highest BCUT2D eigenvalue weighted by Gasteiger charge is 2.36. The van der Waals surface area contributed by atoms with Crippen LogP contribution >= 0.6 is 23.4 Å². The fraction of sp³-hybridized carbons (Fsp3) is 0.0741. The number of ketones is 1. The highest BCUT2D eigenvalue weighted by molar-refractivity contribution is 8.18. The van der Waals surface area contributed by atoms with Gasteiger partial charge >= 0.3 is 0 Å². The number of amides is 2. The fourth-order valence-corrected chi connectivity index (χ4v) is 5.19. The molecule has 1 fully saturated rings. The number of nitro benzene ring substituents is 1. The Morgan fingerprint density at radius 1 is 1.08 bits per heavy atom. The molecule has 0 spiro atoms. The Bertz CT molecular complexity index is 1670. The molecular formula is C27H17ClFN3O5S. The second kappa shape index (κ2) is 10.2. The second-order valence-electron chi connectivity index (χ2n) is 8.46. The third-order valence-electron chi connectivity index (χ3n) is 6.04. The molecule has 8 nitrogen and oxygen atoms in total. The molecule has 1 aromatic heterocycles. The Labute approximate surface area is 224 Å². The number of hydrogen-bond acceptors (Lipinski definition) is 6. The molecule has 38 heavy (non-hydrogen) atoms. The summed E-state index contributed by atoms with van der Waals surface area (Å²) in [5, 5.41) is 11.4. The number of halogens is 2. The van der Waals surface area contributed by atoms with Gasteiger partial charge in [0.25, 0.3) is 16.8 Å². The van der Waals surface area contributed by atoms with Crippen LogP contribution in [0.3, 0.4) is 0 Å². The van der Waals surface area contributed by atoms with E-state index in [9.17, 15) is 28.9 Å². The first kappa shape index (κ1) is 25.4. The lowest BCUT2D eigenvalue weighted by molar-refractivity contribution is -0.384. The molecular weight excluding hydrogens is 533 g/mol. The van der Waals surface area contributed by atoms with Gasteiger partial charge in [-0.15, -0.1) is 0 Å². The van der Waals surface area contributed by atoms with Crippen molar-refractivity contribution < 1.29 is 23.7 Å². The average Bonchev–Trinajstić information content (AvgIpc) is 3.37. The minimum atomic E-state index is -0.603. The molecule has 1 aliphatic heterocycles. The minimum Gasteiger partial charge on any atom is -0.342 e. The van der Waals surface area contributed by atoms with Crippen LogP contribution in [0.15, 0.2) is 77.8 Å². The van der Waals surface area contributed by atoms with Gasteiger partial charge in [0.05, 0.1) is 16.4 Å². The van der Waals surface area contributed by atoms with Crippen LogP contribution in [0.25, 0.3) is 17.0 Å². The molecule has 0 radical (unpaired) electrons. The number of carbonyl (C=O) groups excluding carboxylic acids is 3. The van der Waals surface area contributed by atoms with Gasteiger partial charge in [-0.2, -0.15) is 0 Å². The van der Waals surface area contributed by atoms with Crippen molar-refractivity contribution in [2.75, 3.05) is 6.54 Å². The summed E-state index contributed by atoms with van der Waals surface area (Å²) in [4.78, 5) is 49.6. The number of Topliss-reactive ketones (excluding diaryl/α,β-unsaturated/α-hetero) is 1. The van der Waals surface area contributed by atoms with Gasteiger partial charge in [-0.05, 0) is 53.7 Å². The molecule has 11 heteroatoms. The standard InChI is InChI=1S/C27H17ClFN3O5S/c28-22-12-19(29)8-5-17(22)13-30-14-18(21-3-1-2-4-23(21)30)11-25-26(34)31(27(35)38-25)15-24(33)16-6-9-20(10-7-16)32(36)37/h1-12,14H,13,15H2/b25-11-. The molecule has 0 atom stereocenters. The van der Waals surface area contributed by atoms with Crippen molar-refractivity contribution in [3.8, 4) is 0 Å². The van der Waals surface area contributed by atoms with E-state index in [0.717, 1.165) is 27.6 Å². The summed E-state index contributed by atoms with van der Waals surface area (Å²) in [5.74, 6) is -1.55. The second-order valence-corrected chi connectivity index (χ2v) is 9.86. The quantitative estimate of drug-likeness (QED) is 0.116. The van der Waals surface area contributed by atoms with Crippen LogP contribution in [0.5, 0.6) is 0 Å². The van der Waals surface area contributed by atoms with E-state index < -0.39 is 34.2 Å². The number of nitro groups is 1. The third-order valence-corrected chi connectivity index (χ3v) is 7.30. The lowest BCUT2D eigenvalue weighted by atomic mass is 10.1. The molecule has 1 saturated heterocycles. The van der Waals surface area contributed by atoms with Gasteiger partial charge < -0.3 is 4.57 Å². The molecule has 1 aliphatic rings. The van der Waals surface area contributed by atoms with Crippen molar-refractivity contribution in [2.24, 2.45) is 0 Å². The van der Waals surface area contributed by atoms with Crippen LogP contribution in [0.4, 0.5) is 14.9 Å². The molecule has 0 aliphatic carbocycles. The predicted molar refractivity (Wildman–Crippen MR) is 143 cm³/mol. The van der Waals surface area contributed by atoms with Crippen molar-refractivity contribution in [3.63, 3.8) is 0 Å². The summed E-state index contributed by atoms with van der Waals surface area (Å²) in [6.07, 6.45) is 3.42. The highest BCUT2D eigenvalue weighted by atomic mass is 35.5. The largest absolute Gasteiger partial charge is 0.342 e. The number of fused-ring (bicyclic) bond motifs is 1. The summed E-state index contributed by atoms with van der Waals surface area (Å²) in [7, 11) is 0. The number of hydrogen-bond donors (Lipinski definition) is 0. The van der Waals surface area contributed by atoms with Gasteiger partial charge in [-0.3, -0.25) is 29.4 Å². The molecule has 0 bridgehead atoms. The fourth-order valence-electron chi connectivity index (χ4n) is 4.14. The first-order valence-electron chi connectivity index (χ1n) is 11.3. The van der Waals surface area contributed by atoms with Crippen molar-refractivity contribution in [2.45, 2.75) is 6.54 Å². The Balaban J connectivity index is 1.40. The summed E-state index contributed by atoms with van der Waals surface area (Å²) >= 11 is 6.95. The monoisotopic (exact) mass is 549 g/mol. The van der Waals surface area contributed by atoms with Crippen LogP contribution in [0, 0.1) is 15.9 Å². The zero-order valence-corrected chi connectivity index (χ0v) is 21.0. The Hall–Kier alpha value is -4.28. The van der Waals surface area contributed by atoms with E-state index in [1.54, 1.807) is 12.1 Å². The van der Waals surface area contributed by atoms with Gasteiger partial charge in [-0.25, -0.2) is 4.39 Å². The SMILES string of the molecule is O=C(CN1C(=O)S/C(=C\c2cn(Cc3ccc(F)cc3Cl)c3ccccc23)C1=O)c1ccc([N+](=O)[O-])cc1. The molecule has 3 aromatic carbocycles. The van der Waals surface area contributed by atoms with Crippen LogP contribution in [-0.4, -0.2) is 37.9 Å². The maximum atomic E-state index is 13.5. The number of imide groups is 1. The minimum absolute atomic E-state index is 0.154. The van der Waals surface area contributed by atoms with E-state index in [4.69, 9.17) is 11.6 Å². The molecule has 5 rings (SSSR count). The van der Waals surface area contributed by atoms with Crippen LogP contribution < -0.4 is 0 Å². The predicted octanol–water partition coefficient (Wildman–Crippen LogP) is 6.31. The Morgan fingerprint density at radius 2 is 1.82 bits per heavy atom. The highest BCUT2D eigenvalue weighted by Crippen LogP contribution is 2.34. The zero-order chi connectivity index (χ0) is 27.0. The van der Waals surface area contributed by atoms with Gasteiger partial charge in [0, 0.05) is 51.9 Å². The number of non-ortho nitro benzene ring substituents is 1. The van der Waals surface area contributed by atoms with Crippen LogP contribution in [0.1, 0.15) is 21.5 Å². The zero-order valence-electron chi connectivity index (χ0n) is 19.5. The lowest BCUT2D eigenvalue weighted by Crippen LogP contribution is -2.33. The maximum absolute atomic E-state index is 13.5. The molecule has 4 aromatic rings. The van der Waals surface area contributed by atoms with E-state index in [1.165, 1.54) is 36.4 Å².